The Kier molecular flexibility index (Phi) is 3.92. The summed E-state index contributed by atoms with van der Waals surface area (Å²) in [6.07, 6.45) is 5.60. The van der Waals surface area contributed by atoms with Crippen LogP contribution in [0, 0.1) is 0 Å². The molecule has 0 fully saturated rings. The smallest absolute Gasteiger partial charge is 0.134 e. The van der Waals surface area contributed by atoms with Gasteiger partial charge in [0.05, 0.1) is 5.69 Å². The van der Waals surface area contributed by atoms with Crippen LogP contribution in [0.1, 0.15) is 0 Å². The van der Waals surface area contributed by atoms with Crippen LogP contribution in [-0.4, -0.2) is 21.2 Å². The Balaban J connectivity index is 1.61. The first-order valence-electron chi connectivity index (χ1n) is 7.62. The second kappa shape index (κ2) is 6.37. The van der Waals surface area contributed by atoms with E-state index in [-0.39, 0.29) is 0 Å². The molecule has 24 heavy (non-hydrogen) atoms. The fourth-order valence-corrected chi connectivity index (χ4v) is 3.03. The minimum Gasteiger partial charge on any atom is -0.361 e. The van der Waals surface area contributed by atoms with E-state index >= 15 is 0 Å². The average molecular weight is 332 g/mol. The van der Waals surface area contributed by atoms with Crippen molar-refractivity contribution in [3.05, 3.63) is 67.1 Å². The van der Waals surface area contributed by atoms with Crippen molar-refractivity contribution in [3.63, 3.8) is 0 Å². The topological polar surface area (TPSA) is 53.6 Å². The van der Waals surface area contributed by atoms with Gasteiger partial charge in [-0.15, -0.1) is 11.8 Å². The van der Waals surface area contributed by atoms with E-state index in [0.29, 0.717) is 0 Å². The quantitative estimate of drug-likeness (QED) is 0.511. The van der Waals surface area contributed by atoms with Crippen LogP contribution in [-0.2, 0) is 0 Å². The van der Waals surface area contributed by atoms with Crippen LogP contribution in [0.2, 0.25) is 0 Å². The zero-order chi connectivity index (χ0) is 16.4. The number of rotatable bonds is 4. The lowest BCUT2D eigenvalue weighted by Crippen LogP contribution is -1.95. The largest absolute Gasteiger partial charge is 0.361 e. The maximum absolute atomic E-state index is 4.39. The van der Waals surface area contributed by atoms with E-state index in [1.165, 1.54) is 10.3 Å². The second-order valence-corrected chi connectivity index (χ2v) is 6.30. The Hall–Kier alpha value is -2.79. The number of nitrogens with one attached hydrogen (secondary N) is 2. The molecular formula is C19H16N4S. The number of hydrogen-bond donors (Lipinski definition) is 2. The zero-order valence-corrected chi connectivity index (χ0v) is 14.0. The Morgan fingerprint density at radius 2 is 1.83 bits per heavy atom. The lowest BCUT2D eigenvalue weighted by molar-refractivity contribution is 1.17. The highest BCUT2D eigenvalue weighted by Crippen LogP contribution is 2.25. The molecule has 2 aromatic heterocycles. The lowest BCUT2D eigenvalue weighted by atomic mass is 10.1. The number of aromatic nitrogens is 3. The molecule has 0 aliphatic heterocycles. The molecule has 0 bridgehead atoms. The van der Waals surface area contributed by atoms with Crippen LogP contribution in [0.3, 0.4) is 0 Å². The number of hydrogen-bond acceptors (Lipinski definition) is 4. The highest BCUT2D eigenvalue weighted by atomic mass is 32.2. The molecule has 0 spiro atoms. The third-order valence-corrected chi connectivity index (χ3v) is 4.62. The molecule has 2 aromatic carbocycles. The highest BCUT2D eigenvalue weighted by molar-refractivity contribution is 7.98. The molecule has 0 amide bonds. The van der Waals surface area contributed by atoms with Crippen LogP contribution in [0.15, 0.2) is 72.0 Å². The maximum atomic E-state index is 4.39. The van der Waals surface area contributed by atoms with Gasteiger partial charge in [-0.05, 0) is 42.7 Å². The summed E-state index contributed by atoms with van der Waals surface area (Å²) in [6.45, 7) is 0. The van der Waals surface area contributed by atoms with Crippen molar-refractivity contribution in [3.8, 4) is 11.3 Å². The number of H-pyrrole nitrogens is 1. The molecule has 4 rings (SSSR count). The van der Waals surface area contributed by atoms with Gasteiger partial charge in [-0.2, -0.15) is 0 Å². The van der Waals surface area contributed by atoms with E-state index in [0.717, 1.165) is 28.3 Å². The number of aromatic amines is 1. The van der Waals surface area contributed by atoms with Crippen molar-refractivity contribution >= 4 is 34.2 Å². The molecular weight excluding hydrogens is 316 g/mol. The minimum absolute atomic E-state index is 0.781. The number of anilines is 2. The third kappa shape index (κ3) is 2.98. The first-order chi connectivity index (χ1) is 11.8. The summed E-state index contributed by atoms with van der Waals surface area (Å²) in [5.74, 6) is 0.781. The van der Waals surface area contributed by atoms with Gasteiger partial charge < -0.3 is 10.3 Å². The molecule has 0 saturated heterocycles. The summed E-state index contributed by atoms with van der Waals surface area (Å²) in [5.41, 5.74) is 4.12. The van der Waals surface area contributed by atoms with Gasteiger partial charge in [0.2, 0.25) is 0 Å². The molecule has 0 aliphatic carbocycles. The second-order valence-electron chi connectivity index (χ2n) is 5.42. The van der Waals surface area contributed by atoms with Crippen LogP contribution in [0.5, 0.6) is 0 Å². The Morgan fingerprint density at radius 1 is 0.958 bits per heavy atom. The molecule has 2 N–H and O–H groups in total. The van der Waals surface area contributed by atoms with Gasteiger partial charge in [0.25, 0.3) is 0 Å². The van der Waals surface area contributed by atoms with Gasteiger partial charge in [0.15, 0.2) is 0 Å². The van der Waals surface area contributed by atoms with E-state index in [2.05, 4.69) is 69.0 Å². The Morgan fingerprint density at radius 3 is 2.67 bits per heavy atom. The standard InChI is InChI=1S/C19H16N4S/c1-24-16-5-2-13(3-6-16)18-11-19(22-12-21-18)23-15-4-7-17-14(10-15)8-9-20-17/h2-12,20H,1H3,(H,21,22,23). The summed E-state index contributed by atoms with van der Waals surface area (Å²) >= 11 is 1.73. The van der Waals surface area contributed by atoms with Gasteiger partial charge in [-0.3, -0.25) is 0 Å². The number of fused-ring (bicyclic) bond motifs is 1. The molecule has 5 heteroatoms. The molecule has 0 saturated carbocycles. The van der Waals surface area contributed by atoms with Crippen LogP contribution in [0.25, 0.3) is 22.2 Å². The third-order valence-electron chi connectivity index (χ3n) is 3.88. The first kappa shape index (κ1) is 14.8. The molecule has 0 aliphatic rings. The fourth-order valence-electron chi connectivity index (χ4n) is 2.62. The predicted octanol–water partition coefficient (Wildman–Crippen LogP) is 5.09. The molecule has 2 heterocycles. The van der Waals surface area contributed by atoms with Crippen LogP contribution in [0.4, 0.5) is 11.5 Å². The Bertz CT molecular complexity index is 976. The van der Waals surface area contributed by atoms with Crippen molar-refractivity contribution in [2.45, 2.75) is 4.90 Å². The van der Waals surface area contributed by atoms with Crippen molar-refractivity contribution in [2.24, 2.45) is 0 Å². The van der Waals surface area contributed by atoms with Gasteiger partial charge in [0.1, 0.15) is 12.1 Å². The maximum Gasteiger partial charge on any atom is 0.134 e. The van der Waals surface area contributed by atoms with Crippen molar-refractivity contribution in [2.75, 3.05) is 11.6 Å². The molecule has 0 atom stereocenters. The zero-order valence-electron chi connectivity index (χ0n) is 13.2. The first-order valence-corrected chi connectivity index (χ1v) is 8.85. The van der Waals surface area contributed by atoms with E-state index in [1.54, 1.807) is 18.1 Å². The van der Waals surface area contributed by atoms with Crippen molar-refractivity contribution in [1.82, 2.24) is 15.0 Å². The van der Waals surface area contributed by atoms with Crippen LogP contribution >= 0.6 is 11.8 Å². The summed E-state index contributed by atoms with van der Waals surface area (Å²) in [4.78, 5) is 13.2. The normalized spacial score (nSPS) is 10.9. The fraction of sp³-hybridized carbons (Fsp3) is 0.0526. The highest BCUT2D eigenvalue weighted by Gasteiger charge is 2.04. The molecule has 0 unspecified atom stereocenters. The molecule has 4 nitrogen and oxygen atoms in total. The van der Waals surface area contributed by atoms with E-state index in [1.807, 2.05) is 18.3 Å². The average Bonchev–Trinajstić information content (AvgIpc) is 3.10. The lowest BCUT2D eigenvalue weighted by Gasteiger charge is -2.08. The van der Waals surface area contributed by atoms with Gasteiger partial charge in [0, 0.05) is 39.3 Å². The summed E-state index contributed by atoms with van der Waals surface area (Å²) in [7, 11) is 0. The van der Waals surface area contributed by atoms with E-state index in [9.17, 15) is 0 Å². The predicted molar refractivity (Wildman–Crippen MR) is 101 cm³/mol. The Labute approximate surface area is 144 Å². The summed E-state index contributed by atoms with van der Waals surface area (Å²) in [6, 6.07) is 18.6. The molecule has 0 radical (unpaired) electrons. The van der Waals surface area contributed by atoms with Crippen molar-refractivity contribution in [1.29, 1.82) is 0 Å². The van der Waals surface area contributed by atoms with E-state index < -0.39 is 0 Å². The molecule has 118 valence electrons. The molecule has 4 aromatic rings. The van der Waals surface area contributed by atoms with Crippen molar-refractivity contribution < 1.29 is 0 Å². The van der Waals surface area contributed by atoms with E-state index in [4.69, 9.17) is 0 Å². The SMILES string of the molecule is CSc1ccc(-c2cc(Nc3ccc4[nH]ccc4c3)ncn2)cc1. The summed E-state index contributed by atoms with van der Waals surface area (Å²) < 4.78 is 0. The van der Waals surface area contributed by atoms with Gasteiger partial charge >= 0.3 is 0 Å². The van der Waals surface area contributed by atoms with Crippen LogP contribution < -0.4 is 5.32 Å². The van der Waals surface area contributed by atoms with Gasteiger partial charge in [-0.25, -0.2) is 9.97 Å². The number of thioether (sulfide) groups is 1. The number of benzene rings is 2. The minimum atomic E-state index is 0.781. The number of nitrogens with zero attached hydrogens (tertiary/aromatic N) is 2. The monoisotopic (exact) mass is 332 g/mol. The summed E-state index contributed by atoms with van der Waals surface area (Å²) in [5, 5.41) is 4.52. The van der Waals surface area contributed by atoms with Gasteiger partial charge in [-0.1, -0.05) is 12.1 Å².